The van der Waals surface area contributed by atoms with Gasteiger partial charge >= 0.3 is 11.9 Å². The van der Waals surface area contributed by atoms with Gasteiger partial charge in [0.25, 0.3) is 0 Å². The van der Waals surface area contributed by atoms with Gasteiger partial charge < -0.3 is 25.0 Å². The fraction of sp³-hybridized carbons (Fsp3) is 0.913. The van der Waals surface area contributed by atoms with Crippen molar-refractivity contribution in [2.45, 2.75) is 110 Å². The first-order valence-corrected chi connectivity index (χ1v) is 11.3. The smallest absolute Gasteiger partial charge is 0.306 e. The van der Waals surface area contributed by atoms with E-state index in [0.717, 1.165) is 38.6 Å². The summed E-state index contributed by atoms with van der Waals surface area (Å²) < 4.78 is 10.5. The average Bonchev–Trinajstić information content (AvgIpc) is 2.56. The van der Waals surface area contributed by atoms with Gasteiger partial charge in [0.05, 0.1) is 25.0 Å². The molecular formula is C23H43NO6. The van der Waals surface area contributed by atoms with E-state index in [4.69, 9.17) is 9.47 Å². The van der Waals surface area contributed by atoms with Crippen LogP contribution in [0.2, 0.25) is 0 Å². The van der Waals surface area contributed by atoms with Crippen molar-refractivity contribution in [1.29, 1.82) is 0 Å². The highest BCUT2D eigenvalue weighted by Crippen LogP contribution is 2.27. The van der Waals surface area contributed by atoms with Crippen LogP contribution in [0.25, 0.3) is 0 Å². The maximum absolute atomic E-state index is 11.5. The van der Waals surface area contributed by atoms with Gasteiger partial charge in [-0.05, 0) is 79.2 Å². The van der Waals surface area contributed by atoms with Gasteiger partial charge in [0, 0.05) is 6.54 Å². The summed E-state index contributed by atoms with van der Waals surface area (Å²) in [4.78, 5) is 23.1. The summed E-state index contributed by atoms with van der Waals surface area (Å²) in [7, 11) is 0. The molecule has 0 bridgehead atoms. The molecule has 1 saturated heterocycles. The summed E-state index contributed by atoms with van der Waals surface area (Å²) in [6.45, 7) is 12.6. The minimum atomic E-state index is -0.436. The zero-order chi connectivity index (χ0) is 22.9. The Morgan fingerprint density at radius 1 is 0.800 bits per heavy atom. The van der Waals surface area contributed by atoms with E-state index in [2.05, 4.69) is 5.32 Å². The lowest BCUT2D eigenvalue weighted by Gasteiger charge is -2.28. The number of β-amino-alcohol motifs (C(OH)–C–C–N with tert-alkyl or cyclic N) is 1. The van der Waals surface area contributed by atoms with Crippen LogP contribution >= 0.6 is 0 Å². The van der Waals surface area contributed by atoms with E-state index in [0.29, 0.717) is 19.4 Å². The van der Waals surface area contributed by atoms with E-state index < -0.39 is 17.3 Å². The van der Waals surface area contributed by atoms with E-state index in [1.54, 1.807) is 0 Å². The molecule has 3 N–H and O–H groups in total. The van der Waals surface area contributed by atoms with Crippen molar-refractivity contribution in [3.63, 3.8) is 0 Å². The van der Waals surface area contributed by atoms with Gasteiger partial charge in [-0.25, -0.2) is 0 Å². The Labute approximate surface area is 181 Å². The standard InChI is InChI=1S/C12H22O3.C11H21NO3/c1-12(2,3)15-11(14)8-9-6-4-5-7-10(9)13;1-11(2,3)15-10(14)6-8-4-5-12-7-9(8)13/h9-10,13H,4-8H2,1-3H3;8-9,12-13H,4-7H2,1-3H3/t9-,10+;8-,9+/m01/s1. The molecule has 0 aromatic rings. The average molecular weight is 430 g/mol. The Morgan fingerprint density at radius 2 is 1.27 bits per heavy atom. The van der Waals surface area contributed by atoms with Gasteiger partial charge in [0.1, 0.15) is 11.2 Å². The van der Waals surface area contributed by atoms with Crippen molar-refractivity contribution in [3.05, 3.63) is 0 Å². The first kappa shape index (κ1) is 26.9. The molecule has 2 rings (SSSR count). The quantitative estimate of drug-likeness (QED) is 0.590. The monoisotopic (exact) mass is 429 g/mol. The number of hydrogen-bond donors (Lipinski definition) is 3. The SMILES string of the molecule is CC(C)(C)OC(=O)C[C@@H]1CCCC[C@H]1O.CC(C)(C)OC(=O)C[C@H]1CCNC[C@@H]1O. The van der Waals surface area contributed by atoms with Crippen LogP contribution in [0.3, 0.4) is 0 Å². The minimum Gasteiger partial charge on any atom is -0.460 e. The fourth-order valence-electron chi connectivity index (χ4n) is 3.76. The van der Waals surface area contributed by atoms with Crippen molar-refractivity contribution in [1.82, 2.24) is 5.32 Å². The third-order valence-electron chi connectivity index (χ3n) is 5.16. The lowest BCUT2D eigenvalue weighted by Crippen LogP contribution is -2.41. The number of aliphatic hydroxyl groups is 2. The molecular weight excluding hydrogens is 386 g/mol. The Balaban J connectivity index is 0.000000300. The Morgan fingerprint density at radius 3 is 1.70 bits per heavy atom. The first-order chi connectivity index (χ1) is 13.8. The first-order valence-electron chi connectivity index (χ1n) is 11.3. The van der Waals surface area contributed by atoms with Crippen molar-refractivity contribution < 1.29 is 29.3 Å². The molecule has 7 heteroatoms. The number of esters is 2. The van der Waals surface area contributed by atoms with E-state index in [1.807, 2.05) is 41.5 Å². The summed E-state index contributed by atoms with van der Waals surface area (Å²) >= 11 is 0. The zero-order valence-electron chi connectivity index (χ0n) is 19.7. The molecule has 1 saturated carbocycles. The lowest BCUT2D eigenvalue weighted by atomic mass is 9.84. The molecule has 0 spiro atoms. The molecule has 30 heavy (non-hydrogen) atoms. The molecule has 7 nitrogen and oxygen atoms in total. The van der Waals surface area contributed by atoms with Crippen LogP contribution < -0.4 is 5.32 Å². The molecule has 0 aromatic carbocycles. The molecule has 1 aliphatic carbocycles. The number of carbonyl (C=O) groups is 2. The summed E-state index contributed by atoms with van der Waals surface area (Å²) in [5.74, 6) is -0.253. The zero-order valence-corrected chi connectivity index (χ0v) is 19.7. The summed E-state index contributed by atoms with van der Waals surface area (Å²) in [5, 5.41) is 22.4. The number of aliphatic hydroxyl groups excluding tert-OH is 2. The van der Waals surface area contributed by atoms with Gasteiger partial charge in [-0.3, -0.25) is 9.59 Å². The maximum Gasteiger partial charge on any atom is 0.306 e. The second-order valence-corrected chi connectivity index (χ2v) is 10.5. The molecule has 4 atom stereocenters. The Kier molecular flexibility index (Phi) is 10.8. The minimum absolute atomic E-state index is 0.0427. The molecule has 0 radical (unpaired) electrons. The van der Waals surface area contributed by atoms with Crippen LogP contribution in [-0.4, -0.2) is 58.7 Å². The van der Waals surface area contributed by atoms with Gasteiger partial charge in [-0.1, -0.05) is 12.8 Å². The summed E-state index contributed by atoms with van der Waals surface area (Å²) in [6.07, 6.45) is 4.74. The predicted octanol–water partition coefficient (Wildman–Crippen LogP) is 2.96. The number of nitrogens with one attached hydrogen (secondary N) is 1. The van der Waals surface area contributed by atoms with Gasteiger partial charge in [0.15, 0.2) is 0 Å². The van der Waals surface area contributed by atoms with Crippen LogP contribution in [0.1, 0.15) is 86.5 Å². The second kappa shape index (κ2) is 12.0. The van der Waals surface area contributed by atoms with E-state index in [9.17, 15) is 19.8 Å². The third-order valence-corrected chi connectivity index (χ3v) is 5.16. The van der Waals surface area contributed by atoms with E-state index >= 15 is 0 Å². The molecule has 0 amide bonds. The highest BCUT2D eigenvalue weighted by molar-refractivity contribution is 5.70. The number of hydrogen-bond acceptors (Lipinski definition) is 7. The molecule has 1 aliphatic heterocycles. The van der Waals surface area contributed by atoms with Crippen molar-refractivity contribution >= 4 is 11.9 Å². The third kappa shape index (κ3) is 11.9. The number of rotatable bonds is 4. The van der Waals surface area contributed by atoms with Crippen molar-refractivity contribution in [2.75, 3.05) is 13.1 Å². The van der Waals surface area contributed by atoms with Crippen LogP contribution in [-0.2, 0) is 19.1 Å². The lowest BCUT2D eigenvalue weighted by molar-refractivity contribution is -0.158. The van der Waals surface area contributed by atoms with Crippen molar-refractivity contribution in [3.8, 4) is 0 Å². The number of piperidine rings is 1. The van der Waals surface area contributed by atoms with Gasteiger partial charge in [0.2, 0.25) is 0 Å². The Bertz CT molecular complexity index is 489. The molecule has 1 heterocycles. The summed E-state index contributed by atoms with van der Waals surface area (Å²) in [5.41, 5.74) is -0.856. The maximum atomic E-state index is 11.5. The topological polar surface area (TPSA) is 105 Å². The fourth-order valence-corrected chi connectivity index (χ4v) is 3.76. The van der Waals surface area contributed by atoms with E-state index in [1.165, 1.54) is 0 Å². The number of ether oxygens (including phenoxy) is 2. The molecule has 0 aromatic heterocycles. The number of carbonyl (C=O) groups excluding carboxylic acids is 2. The van der Waals surface area contributed by atoms with E-state index in [-0.39, 0.29) is 29.9 Å². The van der Waals surface area contributed by atoms with Crippen LogP contribution in [0.15, 0.2) is 0 Å². The second-order valence-electron chi connectivity index (χ2n) is 10.5. The highest BCUT2D eigenvalue weighted by Gasteiger charge is 2.28. The van der Waals surface area contributed by atoms with Crippen LogP contribution in [0.4, 0.5) is 0 Å². The molecule has 176 valence electrons. The van der Waals surface area contributed by atoms with Gasteiger partial charge in [-0.15, -0.1) is 0 Å². The molecule has 2 aliphatic rings. The summed E-state index contributed by atoms with van der Waals surface area (Å²) in [6, 6.07) is 0. The highest BCUT2D eigenvalue weighted by atomic mass is 16.6. The van der Waals surface area contributed by atoms with Gasteiger partial charge in [-0.2, -0.15) is 0 Å². The predicted molar refractivity (Wildman–Crippen MR) is 116 cm³/mol. The molecule has 0 unspecified atom stereocenters. The normalized spacial score (nSPS) is 27.5. The molecule has 2 fully saturated rings. The van der Waals surface area contributed by atoms with Crippen LogP contribution in [0.5, 0.6) is 0 Å². The van der Waals surface area contributed by atoms with Crippen LogP contribution in [0, 0.1) is 11.8 Å². The van der Waals surface area contributed by atoms with Crippen molar-refractivity contribution in [2.24, 2.45) is 11.8 Å². The Hall–Kier alpha value is -1.18. The largest absolute Gasteiger partial charge is 0.460 e.